The van der Waals surface area contributed by atoms with Crippen molar-refractivity contribution in [1.29, 1.82) is 0 Å². The Labute approximate surface area is 165 Å². The first-order valence-corrected chi connectivity index (χ1v) is 9.89. The van der Waals surface area contributed by atoms with Gasteiger partial charge < -0.3 is 15.0 Å². The van der Waals surface area contributed by atoms with Gasteiger partial charge in [0.2, 0.25) is 5.88 Å². The molecule has 1 aliphatic heterocycles. The van der Waals surface area contributed by atoms with Gasteiger partial charge in [0.15, 0.2) is 0 Å². The van der Waals surface area contributed by atoms with E-state index in [0.717, 1.165) is 42.5 Å². The van der Waals surface area contributed by atoms with Gasteiger partial charge in [0, 0.05) is 18.0 Å². The highest BCUT2D eigenvalue weighted by molar-refractivity contribution is 5.79. The summed E-state index contributed by atoms with van der Waals surface area (Å²) < 4.78 is 5.47. The van der Waals surface area contributed by atoms with Crippen LogP contribution in [0.25, 0.3) is 10.9 Å². The van der Waals surface area contributed by atoms with Crippen LogP contribution in [-0.2, 0) is 0 Å². The molecule has 4 rings (SSSR count). The quantitative estimate of drug-likeness (QED) is 0.687. The fourth-order valence-electron chi connectivity index (χ4n) is 3.70. The van der Waals surface area contributed by atoms with Crippen LogP contribution in [0.3, 0.4) is 0 Å². The number of likely N-dealkylation sites (tertiary alicyclic amines) is 1. The summed E-state index contributed by atoms with van der Waals surface area (Å²) >= 11 is 0. The summed E-state index contributed by atoms with van der Waals surface area (Å²) in [4.78, 5) is 19.4. The third kappa shape index (κ3) is 4.67. The smallest absolute Gasteiger partial charge is 0.391 e. The molecule has 0 spiro atoms. The molecule has 1 saturated heterocycles. The average Bonchev–Trinajstić information content (AvgIpc) is 3.25. The van der Waals surface area contributed by atoms with Crippen LogP contribution in [0.2, 0.25) is 0 Å². The van der Waals surface area contributed by atoms with Crippen LogP contribution in [0.4, 0.5) is 4.79 Å². The molecule has 2 heterocycles. The number of aromatic nitrogens is 1. The molecule has 3 aromatic rings. The van der Waals surface area contributed by atoms with E-state index >= 15 is 0 Å². The monoisotopic (exact) mass is 375 g/mol. The molecule has 5 heteroatoms. The Balaban J connectivity index is 1.43. The first kappa shape index (κ1) is 18.4. The van der Waals surface area contributed by atoms with Gasteiger partial charge in [0.1, 0.15) is 0 Å². The maximum Gasteiger partial charge on any atom is 0.414 e. The molecule has 144 valence electrons. The van der Waals surface area contributed by atoms with Crippen molar-refractivity contribution in [3.8, 4) is 5.88 Å². The fraction of sp³-hybridized carbons (Fsp3) is 0.304. The van der Waals surface area contributed by atoms with Crippen LogP contribution in [-0.4, -0.2) is 35.6 Å². The Hall–Kier alpha value is -2.92. The number of carbonyl (C=O) groups excluding carboxylic acids is 1. The number of hydrogen-bond donors (Lipinski definition) is 1. The second kappa shape index (κ2) is 8.85. The predicted octanol–water partition coefficient (Wildman–Crippen LogP) is 4.55. The number of pyridine rings is 1. The zero-order chi connectivity index (χ0) is 19.2. The molecule has 0 aliphatic carbocycles. The Bertz CT molecular complexity index is 923. The van der Waals surface area contributed by atoms with Gasteiger partial charge in [-0.05, 0) is 50.0 Å². The first-order chi connectivity index (χ1) is 13.8. The molecular weight excluding hydrogens is 350 g/mol. The number of ether oxygens (including phenoxy) is 1. The maximum atomic E-state index is 12.5. The highest BCUT2D eigenvalue weighted by Crippen LogP contribution is 2.20. The molecule has 1 atom stereocenters. The van der Waals surface area contributed by atoms with Gasteiger partial charge in [-0.15, -0.1) is 0 Å². The number of para-hydroxylation sites is 1. The molecular formula is C23H25N3O2. The third-order valence-electron chi connectivity index (χ3n) is 5.20. The molecule has 1 fully saturated rings. The van der Waals surface area contributed by atoms with E-state index < -0.39 is 6.09 Å². The SMILES string of the molecule is O=C(NC(CCN1CCCC1)c1ccccc1)Oc1ccc2ccccc2n1. The van der Waals surface area contributed by atoms with Crippen molar-refractivity contribution in [3.63, 3.8) is 0 Å². The zero-order valence-electron chi connectivity index (χ0n) is 15.9. The van der Waals surface area contributed by atoms with Gasteiger partial charge in [0.05, 0.1) is 11.6 Å². The normalized spacial score (nSPS) is 15.4. The average molecular weight is 375 g/mol. The summed E-state index contributed by atoms with van der Waals surface area (Å²) in [6.07, 6.45) is 2.90. The predicted molar refractivity (Wildman–Crippen MR) is 110 cm³/mol. The molecule has 0 saturated carbocycles. The molecule has 1 aliphatic rings. The van der Waals surface area contributed by atoms with Gasteiger partial charge in [0.25, 0.3) is 0 Å². The standard InChI is InChI=1S/C23H25N3O2/c27-23(28-22-13-12-19-10-4-5-11-20(19)24-22)25-21(18-8-2-1-3-9-18)14-17-26-15-6-7-16-26/h1-5,8-13,21H,6-7,14-17H2,(H,25,27). The van der Waals surface area contributed by atoms with Crippen LogP contribution in [0, 0.1) is 0 Å². The lowest BCUT2D eigenvalue weighted by atomic mass is 10.0. The van der Waals surface area contributed by atoms with E-state index in [1.165, 1.54) is 12.8 Å². The number of benzene rings is 2. The number of nitrogens with zero attached hydrogens (tertiary/aromatic N) is 2. The van der Waals surface area contributed by atoms with Gasteiger partial charge in [-0.3, -0.25) is 0 Å². The Kier molecular flexibility index (Phi) is 5.83. The van der Waals surface area contributed by atoms with Crippen LogP contribution >= 0.6 is 0 Å². The van der Waals surface area contributed by atoms with Crippen molar-refractivity contribution in [3.05, 3.63) is 72.3 Å². The van der Waals surface area contributed by atoms with Crippen molar-refractivity contribution >= 4 is 17.0 Å². The first-order valence-electron chi connectivity index (χ1n) is 9.89. The molecule has 28 heavy (non-hydrogen) atoms. The number of carbonyl (C=O) groups is 1. The highest BCUT2D eigenvalue weighted by atomic mass is 16.6. The minimum Gasteiger partial charge on any atom is -0.391 e. The Morgan fingerprint density at radius 1 is 1.00 bits per heavy atom. The minimum absolute atomic E-state index is 0.0882. The van der Waals surface area contributed by atoms with Crippen LogP contribution in [0.15, 0.2) is 66.7 Å². The summed E-state index contributed by atoms with van der Waals surface area (Å²) in [5.74, 6) is 0.308. The minimum atomic E-state index is -0.474. The largest absolute Gasteiger partial charge is 0.414 e. The van der Waals surface area contributed by atoms with Crippen molar-refractivity contribution in [2.24, 2.45) is 0 Å². The topological polar surface area (TPSA) is 54.5 Å². The lowest BCUT2D eigenvalue weighted by Gasteiger charge is -2.22. The van der Waals surface area contributed by atoms with E-state index in [0.29, 0.717) is 5.88 Å². The zero-order valence-corrected chi connectivity index (χ0v) is 15.9. The molecule has 5 nitrogen and oxygen atoms in total. The number of hydrogen-bond acceptors (Lipinski definition) is 4. The summed E-state index contributed by atoms with van der Waals surface area (Å²) in [5.41, 5.74) is 1.89. The number of fused-ring (bicyclic) bond motifs is 1. The molecule has 0 radical (unpaired) electrons. The lowest BCUT2D eigenvalue weighted by Crippen LogP contribution is -2.34. The van der Waals surface area contributed by atoms with E-state index in [4.69, 9.17) is 4.74 Å². The number of amides is 1. The van der Waals surface area contributed by atoms with Crippen LogP contribution in [0.5, 0.6) is 5.88 Å². The van der Waals surface area contributed by atoms with Crippen LogP contribution in [0.1, 0.15) is 30.9 Å². The van der Waals surface area contributed by atoms with E-state index in [9.17, 15) is 4.79 Å². The summed E-state index contributed by atoms with van der Waals surface area (Å²) in [6.45, 7) is 3.26. The second-order valence-corrected chi connectivity index (χ2v) is 7.18. The van der Waals surface area contributed by atoms with E-state index in [2.05, 4.69) is 15.2 Å². The molecule has 1 unspecified atom stereocenters. The van der Waals surface area contributed by atoms with Gasteiger partial charge in [-0.25, -0.2) is 9.78 Å². The molecule has 1 amide bonds. The third-order valence-corrected chi connectivity index (χ3v) is 5.20. The number of nitrogens with one attached hydrogen (secondary N) is 1. The highest BCUT2D eigenvalue weighted by Gasteiger charge is 2.19. The summed E-state index contributed by atoms with van der Waals surface area (Å²) in [7, 11) is 0. The molecule has 2 aromatic carbocycles. The van der Waals surface area contributed by atoms with Gasteiger partial charge in [-0.1, -0.05) is 48.5 Å². The fourth-order valence-corrected chi connectivity index (χ4v) is 3.70. The van der Waals surface area contributed by atoms with Gasteiger partial charge in [-0.2, -0.15) is 0 Å². The van der Waals surface area contributed by atoms with E-state index in [1.54, 1.807) is 6.07 Å². The van der Waals surface area contributed by atoms with Crippen molar-refractivity contribution in [2.45, 2.75) is 25.3 Å². The lowest BCUT2D eigenvalue weighted by molar-refractivity contribution is 0.192. The Morgan fingerprint density at radius 3 is 2.57 bits per heavy atom. The summed E-state index contributed by atoms with van der Waals surface area (Å²) in [6, 6.07) is 21.4. The number of rotatable bonds is 6. The van der Waals surface area contributed by atoms with Crippen LogP contribution < -0.4 is 10.1 Å². The molecule has 0 bridgehead atoms. The Morgan fingerprint density at radius 2 is 1.75 bits per heavy atom. The van der Waals surface area contributed by atoms with Crippen molar-refractivity contribution in [1.82, 2.24) is 15.2 Å². The van der Waals surface area contributed by atoms with E-state index in [-0.39, 0.29) is 6.04 Å². The van der Waals surface area contributed by atoms with Crippen molar-refractivity contribution < 1.29 is 9.53 Å². The molecule has 1 aromatic heterocycles. The maximum absolute atomic E-state index is 12.5. The summed E-state index contributed by atoms with van der Waals surface area (Å²) in [5, 5.41) is 4.04. The van der Waals surface area contributed by atoms with E-state index in [1.807, 2.05) is 60.7 Å². The molecule has 1 N–H and O–H groups in total. The van der Waals surface area contributed by atoms with Gasteiger partial charge >= 0.3 is 6.09 Å². The van der Waals surface area contributed by atoms with Crippen molar-refractivity contribution in [2.75, 3.05) is 19.6 Å². The second-order valence-electron chi connectivity index (χ2n) is 7.18.